The third kappa shape index (κ3) is 3.87. The van der Waals surface area contributed by atoms with E-state index in [0.717, 1.165) is 39.7 Å². The summed E-state index contributed by atoms with van der Waals surface area (Å²) in [5.74, 6) is -1.00. The van der Waals surface area contributed by atoms with E-state index in [-0.39, 0.29) is 16.2 Å². The zero-order valence-corrected chi connectivity index (χ0v) is 17.3. The maximum Gasteiger partial charge on any atom is 0.293 e. The van der Waals surface area contributed by atoms with Gasteiger partial charge in [0.05, 0.1) is 16.4 Å². The predicted molar refractivity (Wildman–Crippen MR) is 118 cm³/mol. The fourth-order valence-corrected chi connectivity index (χ4v) is 4.26. The van der Waals surface area contributed by atoms with Crippen LogP contribution < -0.4 is 0 Å². The highest BCUT2D eigenvalue weighted by Gasteiger charge is 2.36. The average molecular weight is 435 g/mol. The number of aromatic nitrogens is 1. The van der Waals surface area contributed by atoms with Crippen LogP contribution in [0.2, 0.25) is 0 Å². The lowest BCUT2D eigenvalue weighted by molar-refractivity contribution is -0.384. The Kier molecular flexibility index (Phi) is 5.43. The number of ketones is 1. The Morgan fingerprint density at radius 3 is 2.52 bits per heavy atom. The number of non-ortho nitro benzene ring substituents is 1. The fraction of sp³-hybridized carbons (Fsp3) is 0.136. The number of fused-ring (bicyclic) bond motifs is 1. The highest BCUT2D eigenvalue weighted by atomic mass is 32.2. The van der Waals surface area contributed by atoms with Crippen molar-refractivity contribution < 1.29 is 19.3 Å². The van der Waals surface area contributed by atoms with Crippen molar-refractivity contribution in [3.63, 3.8) is 0 Å². The zero-order chi connectivity index (χ0) is 22.1. The molecule has 2 aromatic carbocycles. The third-order valence-electron chi connectivity index (χ3n) is 5.02. The zero-order valence-electron chi connectivity index (χ0n) is 16.5. The maximum absolute atomic E-state index is 12.8. The van der Waals surface area contributed by atoms with Gasteiger partial charge in [-0.25, -0.2) is 0 Å². The summed E-state index contributed by atoms with van der Waals surface area (Å²) in [5.41, 5.74) is 1.91. The van der Waals surface area contributed by atoms with Crippen LogP contribution in [0, 0.1) is 10.1 Å². The minimum Gasteiger partial charge on any atom is -0.347 e. The van der Waals surface area contributed by atoms with E-state index in [4.69, 9.17) is 0 Å². The molecule has 8 nitrogen and oxygen atoms in total. The molecule has 0 N–H and O–H groups in total. The molecule has 3 aromatic rings. The fourth-order valence-electron chi connectivity index (χ4n) is 3.43. The van der Waals surface area contributed by atoms with E-state index in [1.54, 1.807) is 6.08 Å². The molecule has 1 aromatic heterocycles. The normalized spacial score (nSPS) is 15.3. The largest absolute Gasteiger partial charge is 0.347 e. The van der Waals surface area contributed by atoms with Gasteiger partial charge in [-0.2, -0.15) is 0 Å². The molecule has 2 heterocycles. The summed E-state index contributed by atoms with van der Waals surface area (Å²) in [4.78, 5) is 49.1. The molecule has 0 bridgehead atoms. The van der Waals surface area contributed by atoms with E-state index < -0.39 is 28.4 Å². The number of amides is 2. The van der Waals surface area contributed by atoms with Crippen LogP contribution in [-0.4, -0.2) is 37.9 Å². The Hall–Kier alpha value is -3.72. The number of benzene rings is 2. The van der Waals surface area contributed by atoms with Crippen LogP contribution in [0.4, 0.5) is 10.5 Å². The first-order chi connectivity index (χ1) is 14.9. The number of carbonyl (C=O) groups is 3. The van der Waals surface area contributed by atoms with Crippen LogP contribution in [-0.2, 0) is 11.3 Å². The van der Waals surface area contributed by atoms with Gasteiger partial charge in [0.1, 0.15) is 0 Å². The molecule has 0 radical (unpaired) electrons. The van der Waals surface area contributed by atoms with E-state index in [1.165, 1.54) is 24.3 Å². The van der Waals surface area contributed by atoms with E-state index in [0.29, 0.717) is 0 Å². The third-order valence-corrected chi connectivity index (χ3v) is 5.93. The highest BCUT2D eigenvalue weighted by molar-refractivity contribution is 8.18. The van der Waals surface area contributed by atoms with Crippen LogP contribution in [0.5, 0.6) is 0 Å². The van der Waals surface area contributed by atoms with E-state index in [9.17, 15) is 24.5 Å². The van der Waals surface area contributed by atoms with Crippen molar-refractivity contribution >= 4 is 51.4 Å². The number of nitro groups is 1. The number of para-hydroxylation sites is 1. The number of thioether (sulfide) groups is 1. The summed E-state index contributed by atoms with van der Waals surface area (Å²) in [6, 6.07) is 12.9. The van der Waals surface area contributed by atoms with Crippen LogP contribution in [0.1, 0.15) is 22.8 Å². The highest BCUT2D eigenvalue weighted by Crippen LogP contribution is 2.34. The van der Waals surface area contributed by atoms with Gasteiger partial charge in [-0.3, -0.25) is 29.4 Å². The molecule has 1 fully saturated rings. The van der Waals surface area contributed by atoms with Gasteiger partial charge in [0.25, 0.3) is 16.8 Å². The van der Waals surface area contributed by atoms with E-state index >= 15 is 0 Å². The van der Waals surface area contributed by atoms with Crippen molar-refractivity contribution in [1.29, 1.82) is 0 Å². The summed E-state index contributed by atoms with van der Waals surface area (Å²) in [6.07, 6.45) is 3.61. The number of rotatable bonds is 6. The molecule has 0 unspecified atom stereocenters. The number of imide groups is 1. The van der Waals surface area contributed by atoms with Crippen LogP contribution in [0.25, 0.3) is 17.0 Å². The molecule has 2 amide bonds. The Morgan fingerprint density at radius 2 is 1.84 bits per heavy atom. The van der Waals surface area contributed by atoms with Gasteiger partial charge in [-0.15, -0.1) is 0 Å². The Morgan fingerprint density at radius 1 is 1.13 bits per heavy atom. The molecule has 0 atom stereocenters. The van der Waals surface area contributed by atoms with Gasteiger partial charge in [-0.1, -0.05) is 18.2 Å². The second kappa shape index (κ2) is 8.19. The van der Waals surface area contributed by atoms with Crippen molar-refractivity contribution in [2.75, 3.05) is 6.54 Å². The van der Waals surface area contributed by atoms with Gasteiger partial charge < -0.3 is 4.57 Å². The molecule has 31 heavy (non-hydrogen) atoms. The number of carbonyl (C=O) groups excluding carboxylic acids is 3. The number of Topliss-reactive ketones (excluding diaryl/α,β-unsaturated/α-hetero) is 1. The number of hydrogen-bond acceptors (Lipinski definition) is 6. The molecule has 0 spiro atoms. The molecule has 0 aliphatic carbocycles. The van der Waals surface area contributed by atoms with Gasteiger partial charge in [0.2, 0.25) is 0 Å². The molecule has 4 rings (SSSR count). The molecule has 0 saturated carbocycles. The molecule has 156 valence electrons. The first-order valence-electron chi connectivity index (χ1n) is 9.50. The first-order valence-corrected chi connectivity index (χ1v) is 10.3. The minimum atomic E-state index is -0.564. The molecular formula is C22H17N3O5S. The van der Waals surface area contributed by atoms with Crippen molar-refractivity contribution in [3.8, 4) is 0 Å². The van der Waals surface area contributed by atoms with Gasteiger partial charge in [0, 0.05) is 46.9 Å². The van der Waals surface area contributed by atoms with Crippen LogP contribution in [0.15, 0.2) is 59.6 Å². The van der Waals surface area contributed by atoms with Crippen molar-refractivity contribution in [2.45, 2.75) is 13.5 Å². The minimum absolute atomic E-state index is 0.142. The topological polar surface area (TPSA) is 103 Å². The lowest BCUT2D eigenvalue weighted by Crippen LogP contribution is -2.33. The second-order valence-corrected chi connectivity index (χ2v) is 7.88. The van der Waals surface area contributed by atoms with Crippen LogP contribution >= 0.6 is 11.8 Å². The number of nitrogens with zero attached hydrogens (tertiary/aromatic N) is 3. The summed E-state index contributed by atoms with van der Waals surface area (Å²) >= 11 is 0.793. The standard InChI is InChI=1S/C22H17N3O5S/c1-2-23-12-15(17-5-3-4-6-18(17)23)11-20-21(27)24(22(28)31-20)13-19(26)14-7-9-16(10-8-14)25(29)30/h3-12H,2,13H2,1H3/b20-11-. The van der Waals surface area contributed by atoms with Gasteiger partial charge in [0.15, 0.2) is 5.78 Å². The van der Waals surface area contributed by atoms with Crippen molar-refractivity contribution in [3.05, 3.63) is 80.9 Å². The summed E-state index contributed by atoms with van der Waals surface area (Å²) in [5, 5.41) is 11.2. The summed E-state index contributed by atoms with van der Waals surface area (Å²) < 4.78 is 2.06. The Balaban J connectivity index is 1.57. The lowest BCUT2D eigenvalue weighted by Gasteiger charge is -2.11. The molecular weight excluding hydrogens is 418 g/mol. The smallest absolute Gasteiger partial charge is 0.293 e. The SMILES string of the molecule is CCn1cc(/C=C2\SC(=O)N(CC(=O)c3ccc([N+](=O)[O-])cc3)C2=O)c2ccccc21. The maximum atomic E-state index is 12.8. The Bertz CT molecular complexity index is 1260. The second-order valence-electron chi connectivity index (χ2n) is 6.88. The number of aryl methyl sites for hydroxylation is 1. The van der Waals surface area contributed by atoms with E-state index in [2.05, 4.69) is 4.57 Å². The molecule has 1 aliphatic rings. The predicted octanol–water partition coefficient (Wildman–Crippen LogP) is 4.49. The lowest BCUT2D eigenvalue weighted by atomic mass is 10.1. The average Bonchev–Trinajstić information content (AvgIpc) is 3.26. The summed E-state index contributed by atoms with van der Waals surface area (Å²) in [6.45, 7) is 2.37. The quantitative estimate of drug-likeness (QED) is 0.245. The van der Waals surface area contributed by atoms with Crippen molar-refractivity contribution in [1.82, 2.24) is 9.47 Å². The molecule has 1 aliphatic heterocycles. The van der Waals surface area contributed by atoms with Gasteiger partial charge >= 0.3 is 0 Å². The molecule has 9 heteroatoms. The van der Waals surface area contributed by atoms with Crippen molar-refractivity contribution in [2.24, 2.45) is 0 Å². The number of hydrogen-bond donors (Lipinski definition) is 0. The summed E-state index contributed by atoms with van der Waals surface area (Å²) in [7, 11) is 0. The van der Waals surface area contributed by atoms with Gasteiger partial charge in [-0.05, 0) is 43.0 Å². The van der Waals surface area contributed by atoms with Crippen LogP contribution in [0.3, 0.4) is 0 Å². The van der Waals surface area contributed by atoms with E-state index in [1.807, 2.05) is 37.4 Å². The monoisotopic (exact) mass is 435 g/mol. The molecule has 1 saturated heterocycles. The first kappa shape index (κ1) is 20.5. The number of nitro benzene ring substituents is 1. The Labute approximate surface area is 181 Å².